The number of alkyl carbamates (subject to hydrolysis) is 1. The third kappa shape index (κ3) is 3.60. The van der Waals surface area contributed by atoms with E-state index in [1.54, 1.807) is 6.07 Å². The molecule has 0 saturated heterocycles. The number of carboxylic acid groups (broad SMARTS) is 1. The Bertz CT molecular complexity index is 1260. The van der Waals surface area contributed by atoms with Gasteiger partial charge in [0.15, 0.2) is 0 Å². The van der Waals surface area contributed by atoms with E-state index >= 15 is 0 Å². The lowest BCUT2D eigenvalue weighted by atomic mass is 9.98. The molecular weight excluding hydrogens is 406 g/mol. The second-order valence-electron chi connectivity index (χ2n) is 7.81. The van der Waals surface area contributed by atoms with Crippen LogP contribution in [0.2, 0.25) is 0 Å². The van der Waals surface area contributed by atoms with Crippen molar-refractivity contribution < 1.29 is 23.8 Å². The number of hydrogen-bond donors (Lipinski definition) is 2. The summed E-state index contributed by atoms with van der Waals surface area (Å²) in [6.07, 6.45) is 0.541. The van der Waals surface area contributed by atoms with E-state index < -0.39 is 18.1 Å². The highest BCUT2D eigenvalue weighted by atomic mass is 16.5. The maximum absolute atomic E-state index is 12.7. The van der Waals surface area contributed by atoms with Crippen LogP contribution in [0.1, 0.15) is 35.1 Å². The standard InChI is InChI=1S/C26H21NO5/c28-25(29)13-23(22-15-31-24-12-6-5-11-20(22)24)27-26(30)32-14-21-18-9-3-1-7-16(18)17-8-2-4-10-19(17)21/h1-12,15,21,23H,13-14H2,(H,27,30)(H,28,29). The molecule has 1 amide bonds. The zero-order valence-corrected chi connectivity index (χ0v) is 17.2. The second kappa shape index (κ2) is 8.23. The first-order valence-corrected chi connectivity index (χ1v) is 10.4. The van der Waals surface area contributed by atoms with Crippen molar-refractivity contribution in [3.8, 4) is 11.1 Å². The molecule has 3 aromatic carbocycles. The van der Waals surface area contributed by atoms with Gasteiger partial charge in [-0.2, -0.15) is 0 Å². The molecule has 1 heterocycles. The van der Waals surface area contributed by atoms with Crippen LogP contribution in [-0.2, 0) is 9.53 Å². The molecule has 0 spiro atoms. The molecule has 1 unspecified atom stereocenters. The van der Waals surface area contributed by atoms with E-state index in [0.717, 1.165) is 27.6 Å². The Hall–Kier alpha value is -4.06. The molecule has 1 atom stereocenters. The fourth-order valence-electron chi connectivity index (χ4n) is 4.46. The first-order chi connectivity index (χ1) is 15.6. The molecule has 6 nitrogen and oxygen atoms in total. The second-order valence-corrected chi connectivity index (χ2v) is 7.81. The van der Waals surface area contributed by atoms with Crippen molar-refractivity contribution in [2.75, 3.05) is 6.61 Å². The minimum absolute atomic E-state index is 0.0687. The van der Waals surface area contributed by atoms with E-state index in [1.165, 1.54) is 6.26 Å². The minimum atomic E-state index is -1.03. The Balaban J connectivity index is 1.34. The van der Waals surface area contributed by atoms with Crippen LogP contribution >= 0.6 is 0 Å². The molecule has 0 aliphatic heterocycles. The van der Waals surface area contributed by atoms with Gasteiger partial charge in [0.1, 0.15) is 12.2 Å². The van der Waals surface area contributed by atoms with E-state index in [4.69, 9.17) is 9.15 Å². The predicted octanol–water partition coefficient (Wildman–Crippen LogP) is 5.49. The van der Waals surface area contributed by atoms with E-state index in [-0.39, 0.29) is 18.9 Å². The number of nitrogens with one attached hydrogen (secondary N) is 1. The van der Waals surface area contributed by atoms with Gasteiger partial charge in [0.25, 0.3) is 0 Å². The van der Waals surface area contributed by atoms with Crippen molar-refractivity contribution in [1.29, 1.82) is 0 Å². The number of carbonyl (C=O) groups is 2. The molecule has 6 heteroatoms. The van der Waals surface area contributed by atoms with E-state index in [1.807, 2.05) is 54.6 Å². The number of carbonyl (C=O) groups excluding carboxylic acids is 1. The molecular formula is C26H21NO5. The molecule has 0 bridgehead atoms. The molecule has 4 aromatic rings. The topological polar surface area (TPSA) is 88.8 Å². The first kappa shape index (κ1) is 19.9. The molecule has 0 radical (unpaired) electrons. The maximum Gasteiger partial charge on any atom is 0.407 e. The number of amides is 1. The van der Waals surface area contributed by atoms with Crippen LogP contribution in [0.5, 0.6) is 0 Å². The van der Waals surface area contributed by atoms with Gasteiger partial charge in [-0.25, -0.2) is 4.79 Å². The quantitative estimate of drug-likeness (QED) is 0.425. The van der Waals surface area contributed by atoms with Gasteiger partial charge in [0, 0.05) is 16.9 Å². The summed E-state index contributed by atoms with van der Waals surface area (Å²) in [6, 6.07) is 22.7. The fourth-order valence-corrected chi connectivity index (χ4v) is 4.46. The summed E-state index contributed by atoms with van der Waals surface area (Å²) in [5, 5.41) is 12.8. The van der Waals surface area contributed by atoms with E-state index in [9.17, 15) is 14.7 Å². The third-order valence-electron chi connectivity index (χ3n) is 5.90. The number of hydrogen-bond acceptors (Lipinski definition) is 4. The number of rotatable bonds is 6. The van der Waals surface area contributed by atoms with Crippen molar-refractivity contribution >= 4 is 23.0 Å². The van der Waals surface area contributed by atoms with Crippen LogP contribution in [0.15, 0.2) is 83.5 Å². The zero-order chi connectivity index (χ0) is 22.1. The van der Waals surface area contributed by atoms with Gasteiger partial charge in [0.05, 0.1) is 18.7 Å². The van der Waals surface area contributed by atoms with Crippen LogP contribution < -0.4 is 5.32 Å². The third-order valence-corrected chi connectivity index (χ3v) is 5.90. The summed E-state index contributed by atoms with van der Waals surface area (Å²) in [5.74, 6) is -1.10. The molecule has 0 saturated carbocycles. The maximum atomic E-state index is 12.7. The summed E-state index contributed by atoms with van der Waals surface area (Å²) in [6.45, 7) is 0.159. The lowest BCUT2D eigenvalue weighted by Gasteiger charge is -2.18. The number of aliphatic carboxylic acids is 1. The van der Waals surface area contributed by atoms with Crippen molar-refractivity contribution in [2.45, 2.75) is 18.4 Å². The van der Waals surface area contributed by atoms with Crippen LogP contribution in [0, 0.1) is 0 Å². The zero-order valence-electron chi connectivity index (χ0n) is 17.2. The van der Waals surface area contributed by atoms with Crippen molar-refractivity contribution in [1.82, 2.24) is 5.32 Å². The normalized spacial score (nSPS) is 13.4. The molecule has 1 aliphatic rings. The Morgan fingerprint density at radius 3 is 2.25 bits per heavy atom. The molecule has 2 N–H and O–H groups in total. The highest BCUT2D eigenvalue weighted by Crippen LogP contribution is 2.44. The smallest absolute Gasteiger partial charge is 0.407 e. The Morgan fingerprint density at radius 1 is 0.938 bits per heavy atom. The van der Waals surface area contributed by atoms with Crippen molar-refractivity contribution in [2.24, 2.45) is 0 Å². The molecule has 32 heavy (non-hydrogen) atoms. The summed E-state index contributed by atoms with van der Waals surface area (Å²) >= 11 is 0. The number of carboxylic acids is 1. The van der Waals surface area contributed by atoms with Crippen molar-refractivity contribution in [3.63, 3.8) is 0 Å². The van der Waals surface area contributed by atoms with Gasteiger partial charge in [0.2, 0.25) is 0 Å². The molecule has 0 fully saturated rings. The van der Waals surface area contributed by atoms with Crippen LogP contribution in [0.25, 0.3) is 22.1 Å². The lowest BCUT2D eigenvalue weighted by Crippen LogP contribution is -2.31. The van der Waals surface area contributed by atoms with Gasteiger partial charge >= 0.3 is 12.1 Å². The molecule has 5 rings (SSSR count). The van der Waals surface area contributed by atoms with E-state index in [2.05, 4.69) is 17.4 Å². The van der Waals surface area contributed by atoms with Crippen LogP contribution in [-0.4, -0.2) is 23.8 Å². The highest BCUT2D eigenvalue weighted by Gasteiger charge is 2.30. The number of ether oxygens (including phenoxy) is 1. The SMILES string of the molecule is O=C(O)CC(NC(=O)OCC1c2ccccc2-c2ccccc21)c1coc2ccccc12. The minimum Gasteiger partial charge on any atom is -0.481 e. The largest absolute Gasteiger partial charge is 0.481 e. The predicted molar refractivity (Wildman–Crippen MR) is 119 cm³/mol. The Morgan fingerprint density at radius 2 is 1.56 bits per heavy atom. The van der Waals surface area contributed by atoms with Crippen LogP contribution in [0.3, 0.4) is 0 Å². The highest BCUT2D eigenvalue weighted by molar-refractivity contribution is 5.83. The van der Waals surface area contributed by atoms with Gasteiger partial charge in [-0.3, -0.25) is 4.79 Å². The molecule has 1 aliphatic carbocycles. The van der Waals surface area contributed by atoms with Crippen LogP contribution in [0.4, 0.5) is 4.79 Å². The number of fused-ring (bicyclic) bond motifs is 4. The van der Waals surface area contributed by atoms with Gasteiger partial charge in [-0.05, 0) is 28.3 Å². The van der Waals surface area contributed by atoms with Gasteiger partial charge in [-0.1, -0.05) is 66.7 Å². The summed E-state index contributed by atoms with van der Waals surface area (Å²) in [4.78, 5) is 24.1. The summed E-state index contributed by atoms with van der Waals surface area (Å²) < 4.78 is 11.1. The molecule has 1 aromatic heterocycles. The van der Waals surface area contributed by atoms with Gasteiger partial charge < -0.3 is 19.6 Å². The fraction of sp³-hybridized carbons (Fsp3) is 0.154. The molecule has 160 valence electrons. The summed E-state index contributed by atoms with van der Waals surface area (Å²) in [7, 11) is 0. The number of furan rings is 1. The van der Waals surface area contributed by atoms with Crippen molar-refractivity contribution in [3.05, 3.63) is 95.7 Å². The average Bonchev–Trinajstić information content (AvgIpc) is 3.36. The number of benzene rings is 3. The lowest BCUT2D eigenvalue weighted by molar-refractivity contribution is -0.137. The Kier molecular flexibility index (Phi) is 5.11. The number of para-hydroxylation sites is 1. The monoisotopic (exact) mass is 427 g/mol. The average molecular weight is 427 g/mol. The first-order valence-electron chi connectivity index (χ1n) is 10.4. The van der Waals surface area contributed by atoms with Gasteiger partial charge in [-0.15, -0.1) is 0 Å². The Labute approximate surface area is 184 Å². The summed E-state index contributed by atoms with van der Waals surface area (Å²) in [5.41, 5.74) is 5.76. The van der Waals surface area contributed by atoms with E-state index in [0.29, 0.717) is 11.1 Å².